The van der Waals surface area contributed by atoms with E-state index in [1.807, 2.05) is 44.2 Å². The molecule has 0 aliphatic carbocycles. The molecular formula is C21H33N3O5. The van der Waals surface area contributed by atoms with Crippen molar-refractivity contribution < 1.29 is 23.9 Å². The molecule has 0 saturated carbocycles. The van der Waals surface area contributed by atoms with E-state index in [1.165, 1.54) is 4.90 Å². The van der Waals surface area contributed by atoms with Crippen LogP contribution >= 0.6 is 0 Å². The Labute approximate surface area is 172 Å². The highest BCUT2D eigenvalue weighted by molar-refractivity contribution is 5.83. The highest BCUT2D eigenvalue weighted by Gasteiger charge is 2.27. The van der Waals surface area contributed by atoms with E-state index in [9.17, 15) is 14.4 Å². The topological polar surface area (TPSA) is 97.0 Å². The number of benzene rings is 1. The van der Waals surface area contributed by atoms with Crippen molar-refractivity contribution >= 4 is 18.1 Å². The number of alkyl carbamates (subject to hydrolysis) is 1. The van der Waals surface area contributed by atoms with Crippen LogP contribution in [-0.4, -0.2) is 54.8 Å². The molecule has 8 nitrogen and oxygen atoms in total. The molecule has 1 aromatic carbocycles. The Morgan fingerprint density at radius 2 is 1.72 bits per heavy atom. The van der Waals surface area contributed by atoms with Crippen molar-refractivity contribution in [3.8, 4) is 0 Å². The number of urea groups is 1. The number of hydrogen-bond donors (Lipinski definition) is 2. The molecule has 0 aliphatic rings. The maximum Gasteiger partial charge on any atom is 0.407 e. The Morgan fingerprint density at radius 1 is 1.10 bits per heavy atom. The van der Waals surface area contributed by atoms with Crippen molar-refractivity contribution in [1.29, 1.82) is 0 Å². The summed E-state index contributed by atoms with van der Waals surface area (Å²) in [6, 6.07) is 8.15. The molecule has 0 spiro atoms. The minimum Gasteiger partial charge on any atom is -0.459 e. The fraction of sp³-hybridized carbons (Fsp3) is 0.571. The fourth-order valence-corrected chi connectivity index (χ4v) is 2.30. The van der Waals surface area contributed by atoms with E-state index in [0.717, 1.165) is 5.56 Å². The molecule has 8 heteroatoms. The van der Waals surface area contributed by atoms with Gasteiger partial charge in [0.05, 0.1) is 0 Å². The number of carbonyl (C=O) groups excluding carboxylic acids is 3. The van der Waals surface area contributed by atoms with E-state index in [4.69, 9.17) is 9.47 Å². The summed E-state index contributed by atoms with van der Waals surface area (Å²) in [7, 11) is 1.58. The van der Waals surface area contributed by atoms with Crippen LogP contribution in [0.15, 0.2) is 30.3 Å². The van der Waals surface area contributed by atoms with Crippen molar-refractivity contribution in [1.82, 2.24) is 15.5 Å². The van der Waals surface area contributed by atoms with Gasteiger partial charge in [0.15, 0.2) is 0 Å². The second-order valence-electron chi connectivity index (χ2n) is 8.11. The molecule has 1 rings (SSSR count). The molecule has 0 aliphatic heterocycles. The molecule has 1 atom stereocenters. The number of likely N-dealkylation sites (N-methyl/N-ethyl adjacent to an activating group) is 1. The molecule has 2 N–H and O–H groups in total. The molecule has 0 radical (unpaired) electrons. The Kier molecular flexibility index (Phi) is 9.44. The minimum absolute atomic E-state index is 0.143. The van der Waals surface area contributed by atoms with Crippen LogP contribution < -0.4 is 10.6 Å². The van der Waals surface area contributed by atoms with E-state index < -0.39 is 29.7 Å². The maximum absolute atomic E-state index is 12.4. The largest absolute Gasteiger partial charge is 0.459 e. The zero-order valence-electron chi connectivity index (χ0n) is 18.2. The van der Waals surface area contributed by atoms with Crippen molar-refractivity contribution in [2.75, 3.05) is 20.1 Å². The predicted molar refractivity (Wildman–Crippen MR) is 110 cm³/mol. The van der Waals surface area contributed by atoms with Gasteiger partial charge in [0.1, 0.15) is 18.2 Å². The van der Waals surface area contributed by atoms with Crippen LogP contribution in [0.25, 0.3) is 0 Å². The Bertz CT molecular complexity index is 671. The Hall–Kier alpha value is -2.77. The summed E-state index contributed by atoms with van der Waals surface area (Å²) in [5, 5.41) is 5.28. The van der Waals surface area contributed by atoms with Gasteiger partial charge in [-0.15, -0.1) is 0 Å². The molecule has 0 heterocycles. The number of ether oxygens (including phenoxy) is 2. The first-order valence-electron chi connectivity index (χ1n) is 9.68. The summed E-state index contributed by atoms with van der Waals surface area (Å²) in [5.74, 6) is -0.631. The van der Waals surface area contributed by atoms with E-state index in [1.54, 1.807) is 27.8 Å². The van der Waals surface area contributed by atoms with Crippen molar-refractivity contribution in [2.24, 2.45) is 5.92 Å². The van der Waals surface area contributed by atoms with Gasteiger partial charge in [-0.25, -0.2) is 14.4 Å². The third-order valence-electron chi connectivity index (χ3n) is 3.89. The third-order valence-corrected chi connectivity index (χ3v) is 3.89. The summed E-state index contributed by atoms with van der Waals surface area (Å²) in [4.78, 5) is 37.9. The Morgan fingerprint density at radius 3 is 2.28 bits per heavy atom. The average Bonchev–Trinajstić information content (AvgIpc) is 2.62. The second kappa shape index (κ2) is 11.3. The molecule has 0 aromatic heterocycles. The Balaban J connectivity index is 2.47. The first-order chi connectivity index (χ1) is 13.5. The lowest BCUT2D eigenvalue weighted by atomic mass is 10.1. The zero-order chi connectivity index (χ0) is 22.0. The standard InChI is InChI=1S/C21H33N3O5/c1-15(2)17(18(25)28-14-16-10-8-7-9-11-16)23-19(26)24(6)13-12-22-20(27)29-21(3,4)5/h7-11,15,17H,12-14H2,1-6H3,(H,22,27)(H,23,26)/t17-/m0/s1. The molecule has 0 unspecified atom stereocenters. The molecule has 3 amide bonds. The van der Waals surface area contributed by atoms with Gasteiger partial charge in [-0.2, -0.15) is 0 Å². The molecule has 29 heavy (non-hydrogen) atoms. The smallest absolute Gasteiger partial charge is 0.407 e. The van der Waals surface area contributed by atoms with Crippen LogP contribution in [0.4, 0.5) is 9.59 Å². The van der Waals surface area contributed by atoms with Gasteiger partial charge in [-0.3, -0.25) is 0 Å². The number of rotatable bonds is 8. The van der Waals surface area contributed by atoms with Crippen molar-refractivity contribution in [3.63, 3.8) is 0 Å². The lowest BCUT2D eigenvalue weighted by Gasteiger charge is -2.25. The van der Waals surface area contributed by atoms with Crippen LogP contribution in [0.1, 0.15) is 40.2 Å². The van der Waals surface area contributed by atoms with Gasteiger partial charge >= 0.3 is 18.1 Å². The number of hydrogen-bond acceptors (Lipinski definition) is 5. The van der Waals surface area contributed by atoms with Gasteiger partial charge in [0, 0.05) is 20.1 Å². The van der Waals surface area contributed by atoms with Gasteiger partial charge < -0.3 is 25.0 Å². The van der Waals surface area contributed by atoms with E-state index >= 15 is 0 Å². The average molecular weight is 408 g/mol. The number of nitrogens with one attached hydrogen (secondary N) is 2. The molecule has 162 valence electrons. The highest BCUT2D eigenvalue weighted by Crippen LogP contribution is 2.08. The predicted octanol–water partition coefficient (Wildman–Crippen LogP) is 2.92. The number of amides is 3. The molecule has 0 saturated heterocycles. The first kappa shape index (κ1) is 24.3. The van der Waals surface area contributed by atoms with E-state index in [-0.39, 0.29) is 25.6 Å². The normalized spacial score (nSPS) is 12.1. The van der Waals surface area contributed by atoms with Crippen LogP contribution in [0.5, 0.6) is 0 Å². The third kappa shape index (κ3) is 9.82. The molecule has 0 bridgehead atoms. The maximum atomic E-state index is 12.4. The van der Waals surface area contributed by atoms with Crippen molar-refractivity contribution in [2.45, 2.75) is 52.9 Å². The van der Waals surface area contributed by atoms with Gasteiger partial charge in [0.2, 0.25) is 0 Å². The monoisotopic (exact) mass is 407 g/mol. The summed E-state index contributed by atoms with van der Waals surface area (Å²) in [6.45, 7) is 9.61. The van der Waals surface area contributed by atoms with Crippen molar-refractivity contribution in [3.05, 3.63) is 35.9 Å². The lowest BCUT2D eigenvalue weighted by molar-refractivity contribution is -0.148. The second-order valence-corrected chi connectivity index (χ2v) is 8.11. The number of carbonyl (C=O) groups is 3. The lowest BCUT2D eigenvalue weighted by Crippen LogP contribution is -2.50. The highest BCUT2D eigenvalue weighted by atomic mass is 16.6. The summed E-state index contributed by atoms with van der Waals surface area (Å²) < 4.78 is 10.5. The quantitative estimate of drug-likeness (QED) is 0.646. The molecule has 0 fully saturated rings. The fourth-order valence-electron chi connectivity index (χ4n) is 2.30. The SMILES string of the molecule is CC(C)[C@H](NC(=O)N(C)CCNC(=O)OC(C)(C)C)C(=O)OCc1ccccc1. The number of esters is 1. The number of nitrogens with zero attached hydrogens (tertiary/aromatic N) is 1. The van der Waals surface area contributed by atoms with E-state index in [0.29, 0.717) is 0 Å². The first-order valence-corrected chi connectivity index (χ1v) is 9.68. The van der Waals surface area contributed by atoms with Gasteiger partial charge in [-0.1, -0.05) is 44.2 Å². The summed E-state index contributed by atoms with van der Waals surface area (Å²) >= 11 is 0. The van der Waals surface area contributed by atoms with Crippen LogP contribution in [0, 0.1) is 5.92 Å². The van der Waals surface area contributed by atoms with Crippen LogP contribution in [0.3, 0.4) is 0 Å². The summed E-state index contributed by atoms with van der Waals surface area (Å²) in [5.41, 5.74) is 0.290. The zero-order valence-corrected chi connectivity index (χ0v) is 18.2. The molecule has 1 aromatic rings. The van der Waals surface area contributed by atoms with Crippen LogP contribution in [0.2, 0.25) is 0 Å². The summed E-state index contributed by atoms with van der Waals surface area (Å²) in [6.07, 6.45) is -0.546. The van der Waals surface area contributed by atoms with Gasteiger partial charge in [0.25, 0.3) is 0 Å². The van der Waals surface area contributed by atoms with Gasteiger partial charge in [-0.05, 0) is 32.3 Å². The van der Waals surface area contributed by atoms with E-state index in [2.05, 4.69) is 10.6 Å². The molecular weight excluding hydrogens is 374 g/mol. The minimum atomic E-state index is -0.771. The van der Waals surface area contributed by atoms with Crippen LogP contribution in [-0.2, 0) is 20.9 Å².